The molecule has 3 rings (SSSR count). The van der Waals surface area contributed by atoms with E-state index in [-0.39, 0.29) is 17.4 Å². The van der Waals surface area contributed by atoms with Gasteiger partial charge in [0.25, 0.3) is 5.91 Å². The van der Waals surface area contributed by atoms with Crippen LogP contribution in [0.5, 0.6) is 0 Å². The van der Waals surface area contributed by atoms with E-state index in [0.717, 1.165) is 43.8 Å². The molecule has 148 valence electrons. The number of hydrogen-bond donors (Lipinski definition) is 1. The van der Waals surface area contributed by atoms with Crippen LogP contribution in [-0.4, -0.2) is 62.9 Å². The number of carbonyl (C=O) groups is 1. The zero-order valence-corrected chi connectivity index (χ0v) is 15.8. The van der Waals surface area contributed by atoms with Gasteiger partial charge in [-0.2, -0.15) is 0 Å². The quantitative estimate of drug-likeness (QED) is 0.815. The van der Waals surface area contributed by atoms with Gasteiger partial charge in [-0.3, -0.25) is 4.79 Å². The van der Waals surface area contributed by atoms with Crippen molar-refractivity contribution in [2.45, 2.75) is 31.8 Å². The fourth-order valence-electron chi connectivity index (χ4n) is 3.33. The predicted molar refractivity (Wildman–Crippen MR) is 100 cm³/mol. The summed E-state index contributed by atoms with van der Waals surface area (Å²) >= 11 is 0. The van der Waals surface area contributed by atoms with E-state index in [0.29, 0.717) is 25.9 Å². The summed E-state index contributed by atoms with van der Waals surface area (Å²) in [5, 5.41) is 7.55. The number of benzene rings is 1. The van der Waals surface area contributed by atoms with E-state index >= 15 is 0 Å². The maximum Gasteiger partial charge on any atom is 0.256 e. The monoisotopic (exact) mass is 380 g/mol. The van der Waals surface area contributed by atoms with E-state index in [2.05, 4.69) is 10.5 Å². The van der Waals surface area contributed by atoms with Gasteiger partial charge in [-0.05, 0) is 32.0 Å². The minimum atomic E-state index is -0.709. The van der Waals surface area contributed by atoms with Crippen LogP contribution >= 0.6 is 0 Å². The fraction of sp³-hybridized carbons (Fsp3) is 0.579. The first-order valence-electron chi connectivity index (χ1n) is 9.33. The molecule has 0 bridgehead atoms. The van der Waals surface area contributed by atoms with Crippen LogP contribution in [0.3, 0.4) is 0 Å². The summed E-state index contributed by atoms with van der Waals surface area (Å²) in [5.41, 5.74) is 0.877. The highest BCUT2D eigenvalue weighted by Crippen LogP contribution is 2.26. The molecule has 0 spiro atoms. The second-order valence-electron chi connectivity index (χ2n) is 7.18. The molecule has 0 radical (unpaired) electrons. The summed E-state index contributed by atoms with van der Waals surface area (Å²) in [4.78, 5) is 20.6. The molecular formula is C19H26F2N4O2. The van der Waals surface area contributed by atoms with Crippen LogP contribution in [0, 0.1) is 11.6 Å². The molecule has 2 aliphatic heterocycles. The van der Waals surface area contributed by atoms with Gasteiger partial charge in [-0.25, -0.2) is 8.78 Å². The first-order valence-corrected chi connectivity index (χ1v) is 9.33. The molecule has 1 aromatic rings. The van der Waals surface area contributed by atoms with Gasteiger partial charge in [0.05, 0.1) is 17.0 Å². The van der Waals surface area contributed by atoms with E-state index in [4.69, 9.17) is 4.84 Å². The minimum absolute atomic E-state index is 0.157. The third-order valence-electron chi connectivity index (χ3n) is 4.97. The van der Waals surface area contributed by atoms with Gasteiger partial charge in [-0.1, -0.05) is 5.16 Å². The molecule has 2 heterocycles. The normalized spacial score (nSPS) is 18.4. The summed E-state index contributed by atoms with van der Waals surface area (Å²) in [7, 11) is 3.01. The van der Waals surface area contributed by atoms with Crippen molar-refractivity contribution in [2.24, 2.45) is 5.16 Å². The van der Waals surface area contributed by atoms with Crippen LogP contribution < -0.4 is 10.2 Å². The Balaban J connectivity index is 1.62. The number of hydrogen-bond acceptors (Lipinski definition) is 5. The van der Waals surface area contributed by atoms with E-state index in [9.17, 15) is 13.6 Å². The summed E-state index contributed by atoms with van der Waals surface area (Å²) in [6.07, 6.45) is 3.34. The van der Waals surface area contributed by atoms with Crippen molar-refractivity contribution in [1.29, 1.82) is 0 Å². The fourth-order valence-corrected chi connectivity index (χ4v) is 3.33. The Morgan fingerprint density at radius 1 is 1.19 bits per heavy atom. The molecule has 0 saturated carbocycles. The van der Waals surface area contributed by atoms with E-state index < -0.39 is 17.5 Å². The lowest BCUT2D eigenvalue weighted by Gasteiger charge is -2.30. The molecule has 1 N–H and O–H groups in total. The second kappa shape index (κ2) is 8.65. The lowest BCUT2D eigenvalue weighted by molar-refractivity contribution is 0.0368. The van der Waals surface area contributed by atoms with E-state index in [1.807, 2.05) is 0 Å². The maximum absolute atomic E-state index is 14.5. The Morgan fingerprint density at radius 2 is 1.85 bits per heavy atom. The van der Waals surface area contributed by atoms with Crippen molar-refractivity contribution in [3.63, 3.8) is 0 Å². The SMILES string of the molecule is CN(C)C(=O)c1cc(F)c(N2CCC(=NOC3CCNCC3)CC2)cc1F. The standard InChI is InChI=1S/C19H26F2N4O2/c1-24(2)19(26)15-11-17(21)18(12-16(15)20)25-9-5-13(6-10-25)23-27-14-3-7-22-8-4-14/h11-12,14,22H,3-10H2,1-2H3. The Labute approximate surface area is 158 Å². The van der Waals surface area contributed by atoms with Gasteiger partial charge in [-0.15, -0.1) is 0 Å². The number of anilines is 1. The highest BCUT2D eigenvalue weighted by atomic mass is 19.1. The van der Waals surface area contributed by atoms with Crippen molar-refractivity contribution in [3.05, 3.63) is 29.3 Å². The van der Waals surface area contributed by atoms with Crippen LogP contribution in [0.4, 0.5) is 14.5 Å². The van der Waals surface area contributed by atoms with Gasteiger partial charge >= 0.3 is 0 Å². The molecule has 27 heavy (non-hydrogen) atoms. The van der Waals surface area contributed by atoms with Crippen LogP contribution in [0.15, 0.2) is 17.3 Å². The van der Waals surface area contributed by atoms with Crippen molar-refractivity contribution in [2.75, 3.05) is 45.2 Å². The molecule has 0 aromatic heterocycles. The average Bonchev–Trinajstić information content (AvgIpc) is 2.68. The van der Waals surface area contributed by atoms with Crippen molar-refractivity contribution in [1.82, 2.24) is 10.2 Å². The highest BCUT2D eigenvalue weighted by molar-refractivity contribution is 5.94. The van der Waals surface area contributed by atoms with Gasteiger partial charge in [0.2, 0.25) is 0 Å². The van der Waals surface area contributed by atoms with Gasteiger partial charge in [0, 0.05) is 46.1 Å². The average molecular weight is 380 g/mol. The van der Waals surface area contributed by atoms with Crippen LogP contribution in [0.25, 0.3) is 0 Å². The van der Waals surface area contributed by atoms with Gasteiger partial charge < -0.3 is 20.0 Å². The molecule has 2 fully saturated rings. The van der Waals surface area contributed by atoms with Gasteiger partial charge in [0.15, 0.2) is 0 Å². The first kappa shape index (κ1) is 19.5. The third-order valence-corrected chi connectivity index (χ3v) is 4.97. The highest BCUT2D eigenvalue weighted by Gasteiger charge is 2.23. The van der Waals surface area contributed by atoms with Crippen LogP contribution in [-0.2, 0) is 4.84 Å². The largest absolute Gasteiger partial charge is 0.392 e. The van der Waals surface area contributed by atoms with E-state index in [1.54, 1.807) is 4.90 Å². The molecule has 0 aliphatic carbocycles. The number of nitrogens with one attached hydrogen (secondary N) is 1. The molecule has 1 aromatic carbocycles. The Morgan fingerprint density at radius 3 is 2.48 bits per heavy atom. The summed E-state index contributed by atoms with van der Waals surface area (Å²) < 4.78 is 28.8. The first-order chi connectivity index (χ1) is 13.0. The topological polar surface area (TPSA) is 57.2 Å². The third kappa shape index (κ3) is 4.74. The van der Waals surface area contributed by atoms with Crippen molar-refractivity contribution < 1.29 is 18.4 Å². The number of halogens is 2. The Kier molecular flexibility index (Phi) is 6.26. The number of carbonyl (C=O) groups excluding carboxylic acids is 1. The van der Waals surface area contributed by atoms with E-state index in [1.165, 1.54) is 19.0 Å². The molecule has 2 saturated heterocycles. The number of rotatable bonds is 4. The second-order valence-corrected chi connectivity index (χ2v) is 7.18. The van der Waals surface area contributed by atoms with Crippen LogP contribution in [0.1, 0.15) is 36.0 Å². The molecule has 8 heteroatoms. The smallest absolute Gasteiger partial charge is 0.256 e. The lowest BCUT2D eigenvalue weighted by Crippen LogP contribution is -2.35. The molecule has 2 aliphatic rings. The molecule has 0 unspecified atom stereocenters. The predicted octanol–water partition coefficient (Wildman–Crippen LogP) is 2.39. The molecular weight excluding hydrogens is 354 g/mol. The number of piperidine rings is 2. The Bertz CT molecular complexity index is 708. The Hall–Kier alpha value is -2.22. The molecule has 1 amide bonds. The van der Waals surface area contributed by atoms with Crippen molar-refractivity contribution in [3.8, 4) is 0 Å². The minimum Gasteiger partial charge on any atom is -0.392 e. The lowest BCUT2D eigenvalue weighted by atomic mass is 10.1. The van der Waals surface area contributed by atoms with Gasteiger partial charge in [0.1, 0.15) is 17.7 Å². The zero-order chi connectivity index (χ0) is 19.4. The van der Waals surface area contributed by atoms with Crippen LogP contribution in [0.2, 0.25) is 0 Å². The number of nitrogens with zero attached hydrogens (tertiary/aromatic N) is 3. The van der Waals surface area contributed by atoms with Crippen molar-refractivity contribution >= 4 is 17.3 Å². The molecule has 6 nitrogen and oxygen atoms in total. The number of oxime groups is 1. The number of amides is 1. The summed E-state index contributed by atoms with van der Waals surface area (Å²) in [6.45, 7) is 2.96. The molecule has 0 atom stereocenters. The zero-order valence-electron chi connectivity index (χ0n) is 15.8. The summed E-state index contributed by atoms with van der Waals surface area (Å²) in [6, 6.07) is 2.09. The maximum atomic E-state index is 14.5. The summed E-state index contributed by atoms with van der Waals surface area (Å²) in [5.74, 6) is -1.85.